The second-order valence-electron chi connectivity index (χ2n) is 10.2. The third kappa shape index (κ3) is 5.49. The summed E-state index contributed by atoms with van der Waals surface area (Å²) in [6.07, 6.45) is 5.68. The molecule has 0 radical (unpaired) electrons. The van der Waals surface area contributed by atoms with Gasteiger partial charge in [0.15, 0.2) is 17.3 Å². The van der Waals surface area contributed by atoms with Gasteiger partial charge < -0.3 is 19.7 Å². The lowest BCUT2D eigenvalue weighted by Crippen LogP contribution is -2.45. The van der Waals surface area contributed by atoms with Gasteiger partial charge in [-0.2, -0.15) is 0 Å². The number of likely N-dealkylation sites (tertiary alicyclic amines) is 1. The Kier molecular flexibility index (Phi) is 7.35. The Morgan fingerprint density at radius 1 is 0.829 bits per heavy atom. The fourth-order valence-electron chi connectivity index (χ4n) is 5.34. The van der Waals surface area contributed by atoms with Gasteiger partial charge in [0.2, 0.25) is 0 Å². The maximum atomic E-state index is 13.1. The Hall–Kier alpha value is -4.76. The van der Waals surface area contributed by atoms with Crippen LogP contribution >= 0.6 is 0 Å². The van der Waals surface area contributed by atoms with E-state index < -0.39 is 0 Å². The van der Waals surface area contributed by atoms with Crippen molar-refractivity contribution in [3.8, 4) is 11.5 Å². The van der Waals surface area contributed by atoms with Crippen LogP contribution < -0.4 is 20.1 Å². The number of hydrogen-bond acceptors (Lipinski definition) is 7. The van der Waals surface area contributed by atoms with Crippen LogP contribution in [0.15, 0.2) is 60.7 Å². The summed E-state index contributed by atoms with van der Waals surface area (Å²) in [5.41, 5.74) is 3.47. The molecule has 9 nitrogen and oxygen atoms in total. The Morgan fingerprint density at radius 3 is 2.12 bits per heavy atom. The molecule has 1 aliphatic rings. The number of piperidine rings is 1. The van der Waals surface area contributed by atoms with Crippen molar-refractivity contribution in [1.82, 2.24) is 25.2 Å². The van der Waals surface area contributed by atoms with Crippen molar-refractivity contribution < 1.29 is 14.3 Å². The number of ether oxygens (including phenoxy) is 2. The van der Waals surface area contributed by atoms with Crippen LogP contribution in [0, 0.1) is 0 Å². The first kappa shape index (κ1) is 26.5. The third-order valence-corrected chi connectivity index (χ3v) is 7.53. The van der Waals surface area contributed by atoms with Crippen LogP contribution in [0.4, 0.5) is 10.6 Å². The second-order valence-corrected chi connectivity index (χ2v) is 10.2. The van der Waals surface area contributed by atoms with E-state index in [0.717, 1.165) is 53.3 Å². The predicted molar refractivity (Wildman–Crippen MR) is 163 cm³/mol. The number of nitrogens with zero attached hydrogens (tertiary/aromatic N) is 4. The van der Waals surface area contributed by atoms with E-state index in [9.17, 15) is 4.79 Å². The summed E-state index contributed by atoms with van der Waals surface area (Å²) in [6, 6.07) is 19.5. The molecule has 3 heterocycles. The van der Waals surface area contributed by atoms with Crippen molar-refractivity contribution in [2.24, 2.45) is 0 Å². The third-order valence-electron chi connectivity index (χ3n) is 7.53. The van der Waals surface area contributed by atoms with Gasteiger partial charge in [-0.3, -0.25) is 5.32 Å². The Labute approximate surface area is 238 Å². The highest BCUT2D eigenvalue weighted by Gasteiger charge is 2.20. The standard InChI is InChI=1S/C32H32N6O3/c1-38-16-14-20(15-17-38)33-32(39)37-31-24-18-28(40-2)29(41-3)19-27(24)35-30(36-31)13-12-21-22-8-4-6-10-25(22)34-26-11-7-5-9-23(21)26/h4-13,18-20H,14-17H2,1-3H3,(H2,33,35,36,37,39)/b13-12+. The van der Waals surface area contributed by atoms with Crippen LogP contribution in [0.25, 0.3) is 44.9 Å². The molecule has 6 rings (SSSR count). The molecule has 5 aromatic rings. The van der Waals surface area contributed by atoms with Crippen LogP contribution in [0.1, 0.15) is 24.2 Å². The summed E-state index contributed by atoms with van der Waals surface area (Å²) in [5.74, 6) is 1.91. The number of pyridine rings is 1. The average molecular weight is 549 g/mol. The van der Waals surface area contributed by atoms with E-state index >= 15 is 0 Å². The van der Waals surface area contributed by atoms with Crippen LogP contribution in [0.2, 0.25) is 0 Å². The first-order valence-electron chi connectivity index (χ1n) is 13.7. The summed E-state index contributed by atoms with van der Waals surface area (Å²) in [5, 5.41) is 8.80. The molecule has 0 saturated carbocycles. The molecule has 2 aromatic heterocycles. The summed E-state index contributed by atoms with van der Waals surface area (Å²) >= 11 is 0. The van der Waals surface area contributed by atoms with Gasteiger partial charge in [0.25, 0.3) is 0 Å². The number of urea groups is 1. The largest absolute Gasteiger partial charge is 0.493 e. The first-order chi connectivity index (χ1) is 20.0. The average Bonchev–Trinajstić information content (AvgIpc) is 2.99. The smallest absolute Gasteiger partial charge is 0.320 e. The van der Waals surface area contributed by atoms with E-state index in [1.165, 1.54) is 0 Å². The molecule has 3 aromatic carbocycles. The number of benzene rings is 3. The first-order valence-corrected chi connectivity index (χ1v) is 13.7. The van der Waals surface area contributed by atoms with E-state index in [-0.39, 0.29) is 12.1 Å². The van der Waals surface area contributed by atoms with Gasteiger partial charge in [0.05, 0.1) is 30.8 Å². The van der Waals surface area contributed by atoms with E-state index in [0.29, 0.717) is 34.0 Å². The van der Waals surface area contributed by atoms with Crippen molar-refractivity contribution in [3.05, 3.63) is 72.1 Å². The second kappa shape index (κ2) is 11.4. The number of carbonyl (C=O) groups excluding carboxylic acids is 1. The normalized spacial score (nSPS) is 14.6. The molecule has 0 atom stereocenters. The summed E-state index contributed by atoms with van der Waals surface area (Å²) < 4.78 is 11.0. The minimum Gasteiger partial charge on any atom is -0.493 e. The zero-order valence-corrected chi connectivity index (χ0v) is 23.3. The molecule has 208 valence electrons. The molecule has 9 heteroatoms. The quantitative estimate of drug-likeness (QED) is 0.261. The van der Waals surface area contributed by atoms with Crippen molar-refractivity contribution in [1.29, 1.82) is 0 Å². The Morgan fingerprint density at radius 2 is 1.46 bits per heavy atom. The number of nitrogens with one attached hydrogen (secondary N) is 2. The number of rotatable bonds is 6. The predicted octanol–water partition coefficient (Wildman–Crippen LogP) is 5.73. The van der Waals surface area contributed by atoms with Crippen LogP contribution in [0.5, 0.6) is 11.5 Å². The zero-order chi connectivity index (χ0) is 28.3. The molecular weight excluding hydrogens is 516 g/mol. The van der Waals surface area contributed by atoms with Crippen LogP contribution in [-0.2, 0) is 0 Å². The molecule has 2 N–H and O–H groups in total. The summed E-state index contributed by atoms with van der Waals surface area (Å²) in [4.78, 5) is 29.7. The van der Waals surface area contributed by atoms with Gasteiger partial charge in [-0.1, -0.05) is 36.4 Å². The Balaban J connectivity index is 1.41. The molecular formula is C32H32N6O3. The molecule has 0 unspecified atom stereocenters. The van der Waals surface area contributed by atoms with Gasteiger partial charge in [-0.05, 0) is 68.9 Å². The lowest BCUT2D eigenvalue weighted by Gasteiger charge is -2.29. The van der Waals surface area contributed by atoms with Gasteiger partial charge in [0.1, 0.15) is 5.82 Å². The Bertz CT molecular complexity index is 1730. The van der Waals surface area contributed by atoms with Gasteiger partial charge in [0, 0.05) is 28.3 Å². The van der Waals surface area contributed by atoms with E-state index in [4.69, 9.17) is 24.4 Å². The number of para-hydroxylation sites is 2. The maximum absolute atomic E-state index is 13.1. The van der Waals surface area contributed by atoms with Crippen molar-refractivity contribution in [2.75, 3.05) is 39.7 Å². The lowest BCUT2D eigenvalue weighted by molar-refractivity contribution is 0.221. The molecule has 0 bridgehead atoms. The fraction of sp³-hybridized carbons (Fsp3) is 0.250. The minimum absolute atomic E-state index is 0.113. The number of anilines is 1. The molecule has 41 heavy (non-hydrogen) atoms. The number of hydrogen-bond donors (Lipinski definition) is 2. The highest BCUT2D eigenvalue weighted by atomic mass is 16.5. The fourth-order valence-corrected chi connectivity index (χ4v) is 5.34. The number of aromatic nitrogens is 3. The monoisotopic (exact) mass is 548 g/mol. The van der Waals surface area contributed by atoms with Crippen LogP contribution in [0.3, 0.4) is 0 Å². The highest BCUT2D eigenvalue weighted by Crippen LogP contribution is 2.34. The van der Waals surface area contributed by atoms with E-state index in [1.807, 2.05) is 48.6 Å². The topological polar surface area (TPSA) is 102 Å². The summed E-state index contributed by atoms with van der Waals surface area (Å²) in [6.45, 7) is 1.90. The molecule has 1 fully saturated rings. The molecule has 2 amide bonds. The van der Waals surface area contributed by atoms with E-state index in [2.05, 4.69) is 34.7 Å². The zero-order valence-electron chi connectivity index (χ0n) is 23.3. The molecule has 1 saturated heterocycles. The van der Waals surface area contributed by atoms with Gasteiger partial charge in [-0.25, -0.2) is 19.7 Å². The van der Waals surface area contributed by atoms with Crippen molar-refractivity contribution in [3.63, 3.8) is 0 Å². The number of carbonyl (C=O) groups is 1. The van der Waals surface area contributed by atoms with Gasteiger partial charge in [-0.15, -0.1) is 0 Å². The highest BCUT2D eigenvalue weighted by molar-refractivity contribution is 6.05. The van der Waals surface area contributed by atoms with Crippen molar-refractivity contribution >= 4 is 56.7 Å². The molecule has 0 spiro atoms. The lowest BCUT2D eigenvalue weighted by atomic mass is 10.0. The maximum Gasteiger partial charge on any atom is 0.320 e. The van der Waals surface area contributed by atoms with Gasteiger partial charge >= 0.3 is 6.03 Å². The number of fused-ring (bicyclic) bond motifs is 3. The van der Waals surface area contributed by atoms with Crippen LogP contribution in [-0.4, -0.2) is 66.3 Å². The minimum atomic E-state index is -0.296. The summed E-state index contributed by atoms with van der Waals surface area (Å²) in [7, 11) is 5.25. The van der Waals surface area contributed by atoms with E-state index in [1.54, 1.807) is 26.4 Å². The molecule has 0 aliphatic carbocycles. The molecule has 1 aliphatic heterocycles. The number of methoxy groups -OCH3 is 2. The SMILES string of the molecule is COc1cc2nc(/C=C/c3c4ccccc4nc4ccccc34)nc(NC(=O)NC3CCN(C)CC3)c2cc1OC. The van der Waals surface area contributed by atoms with Crippen molar-refractivity contribution in [2.45, 2.75) is 18.9 Å². The number of amides is 2.